The number of sulfonamides is 1. The summed E-state index contributed by atoms with van der Waals surface area (Å²) in [4.78, 5) is 25.6. The molecule has 0 aromatic heterocycles. The van der Waals surface area contributed by atoms with Crippen LogP contribution in [0.25, 0.3) is 0 Å². The van der Waals surface area contributed by atoms with E-state index in [9.17, 15) is 18.0 Å². The number of hydrogen-bond acceptors (Lipinski definition) is 5. The fourth-order valence-electron chi connectivity index (χ4n) is 3.31. The molecule has 1 unspecified atom stereocenters. The topological polar surface area (TPSA) is 95.6 Å². The lowest BCUT2D eigenvalue weighted by atomic mass is 10.1. The molecule has 1 atom stereocenters. The monoisotopic (exact) mass is 365 g/mol. The molecule has 25 heavy (non-hydrogen) atoms. The second-order valence-electron chi connectivity index (χ2n) is 6.52. The summed E-state index contributed by atoms with van der Waals surface area (Å²) < 4.78 is 26.7. The van der Waals surface area contributed by atoms with Crippen LogP contribution in [0, 0.1) is 5.92 Å². The van der Waals surface area contributed by atoms with E-state index in [-0.39, 0.29) is 30.5 Å². The van der Waals surface area contributed by atoms with E-state index in [0.29, 0.717) is 23.6 Å². The van der Waals surface area contributed by atoms with Crippen molar-refractivity contribution in [3.63, 3.8) is 0 Å². The largest absolute Gasteiger partial charge is 0.316 e. The van der Waals surface area contributed by atoms with E-state index < -0.39 is 10.0 Å². The predicted octanol–water partition coefficient (Wildman–Crippen LogP) is 0.592. The summed E-state index contributed by atoms with van der Waals surface area (Å²) in [7, 11) is -3.39. The third-order valence-electron chi connectivity index (χ3n) is 4.71. The number of amides is 2. The number of hydrogen-bond donors (Lipinski definition) is 2. The molecular weight excluding hydrogens is 342 g/mol. The summed E-state index contributed by atoms with van der Waals surface area (Å²) >= 11 is 0. The highest BCUT2D eigenvalue weighted by molar-refractivity contribution is 7.89. The van der Waals surface area contributed by atoms with Gasteiger partial charge in [-0.25, -0.2) is 13.1 Å². The zero-order valence-electron chi connectivity index (χ0n) is 14.0. The number of nitrogens with one attached hydrogen (secondary N) is 2. The van der Waals surface area contributed by atoms with Gasteiger partial charge in [0.15, 0.2) is 0 Å². The predicted molar refractivity (Wildman–Crippen MR) is 93.8 cm³/mol. The minimum atomic E-state index is -3.39. The first kappa shape index (κ1) is 18.0. The van der Waals surface area contributed by atoms with Gasteiger partial charge >= 0.3 is 0 Å². The van der Waals surface area contributed by atoms with Crippen LogP contribution >= 0.6 is 0 Å². The summed E-state index contributed by atoms with van der Waals surface area (Å²) in [6.07, 6.45) is 2.14. The van der Waals surface area contributed by atoms with Crippen LogP contribution in [-0.4, -0.2) is 57.1 Å². The van der Waals surface area contributed by atoms with Crippen molar-refractivity contribution in [2.75, 3.05) is 31.9 Å². The molecule has 3 rings (SSSR count). The summed E-state index contributed by atoms with van der Waals surface area (Å²) in [5.41, 5.74) is 0.775. The van der Waals surface area contributed by atoms with Crippen LogP contribution in [0.3, 0.4) is 0 Å². The zero-order valence-corrected chi connectivity index (χ0v) is 14.8. The Balaban J connectivity index is 1.44. The molecule has 8 heteroatoms. The number of carbonyl (C=O) groups is 2. The molecule has 1 aromatic carbocycles. The molecule has 1 aromatic rings. The van der Waals surface area contributed by atoms with Crippen LogP contribution in [0.2, 0.25) is 0 Å². The quantitative estimate of drug-likeness (QED) is 0.658. The first-order valence-corrected chi connectivity index (χ1v) is 10.3. The standard InChI is InChI=1S/C17H23N3O4S/c21-16-14-4-1-2-5-15(14)17(22)20(16)10-3-11-25(23,24)19-9-7-13-6-8-18-12-13/h1-2,4-5,13,18-19H,3,6-12H2. The summed E-state index contributed by atoms with van der Waals surface area (Å²) in [6, 6.07) is 6.65. The van der Waals surface area contributed by atoms with Gasteiger partial charge in [0.1, 0.15) is 0 Å². The van der Waals surface area contributed by atoms with Crippen LogP contribution in [0.1, 0.15) is 40.0 Å². The van der Waals surface area contributed by atoms with E-state index in [1.165, 1.54) is 0 Å². The molecule has 1 fully saturated rings. The highest BCUT2D eigenvalue weighted by atomic mass is 32.2. The average molecular weight is 365 g/mol. The van der Waals surface area contributed by atoms with E-state index in [1.807, 2.05) is 0 Å². The van der Waals surface area contributed by atoms with E-state index >= 15 is 0 Å². The Labute approximate surface area is 147 Å². The lowest BCUT2D eigenvalue weighted by molar-refractivity contribution is 0.0654. The fourth-order valence-corrected chi connectivity index (χ4v) is 4.39. The van der Waals surface area contributed by atoms with Gasteiger partial charge in [0, 0.05) is 13.1 Å². The lowest BCUT2D eigenvalue weighted by Gasteiger charge is -2.14. The molecule has 7 nitrogen and oxygen atoms in total. The Morgan fingerprint density at radius 2 is 1.84 bits per heavy atom. The van der Waals surface area contributed by atoms with Gasteiger partial charge in [0.05, 0.1) is 16.9 Å². The Kier molecular flexibility index (Phi) is 5.51. The normalized spacial score (nSPS) is 20.3. The van der Waals surface area contributed by atoms with Gasteiger partial charge in [0.2, 0.25) is 10.0 Å². The third kappa shape index (κ3) is 4.26. The van der Waals surface area contributed by atoms with Gasteiger partial charge in [0.25, 0.3) is 11.8 Å². The SMILES string of the molecule is O=C1c2ccccc2C(=O)N1CCCS(=O)(=O)NCCC1CCNC1. The average Bonchev–Trinajstić information content (AvgIpc) is 3.18. The zero-order chi connectivity index (χ0) is 17.9. The Bertz CT molecular complexity index is 722. The second-order valence-corrected chi connectivity index (χ2v) is 8.45. The fraction of sp³-hybridized carbons (Fsp3) is 0.529. The van der Waals surface area contributed by atoms with Crippen LogP contribution in [-0.2, 0) is 10.0 Å². The number of carbonyl (C=O) groups excluding carboxylic acids is 2. The molecule has 0 spiro atoms. The molecule has 1 saturated heterocycles. The summed E-state index contributed by atoms with van der Waals surface area (Å²) in [5.74, 6) is -0.260. The van der Waals surface area contributed by atoms with E-state index in [1.54, 1.807) is 24.3 Å². The highest BCUT2D eigenvalue weighted by Crippen LogP contribution is 2.22. The number of imide groups is 1. The van der Waals surface area contributed by atoms with Crippen molar-refractivity contribution in [3.8, 4) is 0 Å². The molecule has 0 aliphatic carbocycles. The maximum absolute atomic E-state index is 12.2. The van der Waals surface area contributed by atoms with Crippen LogP contribution in [0.15, 0.2) is 24.3 Å². The Morgan fingerprint density at radius 3 is 2.44 bits per heavy atom. The van der Waals surface area contributed by atoms with Crippen molar-refractivity contribution >= 4 is 21.8 Å². The minimum absolute atomic E-state index is 0.0939. The number of benzene rings is 1. The smallest absolute Gasteiger partial charge is 0.261 e. The second kappa shape index (κ2) is 7.63. The molecule has 136 valence electrons. The molecule has 0 bridgehead atoms. The maximum Gasteiger partial charge on any atom is 0.261 e. The van der Waals surface area contributed by atoms with Crippen molar-refractivity contribution in [3.05, 3.63) is 35.4 Å². The highest BCUT2D eigenvalue weighted by Gasteiger charge is 2.34. The van der Waals surface area contributed by atoms with E-state index in [4.69, 9.17) is 0 Å². The molecular formula is C17H23N3O4S. The van der Waals surface area contributed by atoms with Gasteiger partial charge in [-0.2, -0.15) is 0 Å². The number of fused-ring (bicyclic) bond motifs is 1. The molecule has 0 radical (unpaired) electrons. The van der Waals surface area contributed by atoms with Gasteiger partial charge in [-0.05, 0) is 50.4 Å². The summed E-state index contributed by atoms with van der Waals surface area (Å²) in [6.45, 7) is 2.49. The Morgan fingerprint density at radius 1 is 1.16 bits per heavy atom. The molecule has 2 aliphatic heterocycles. The van der Waals surface area contributed by atoms with Gasteiger partial charge < -0.3 is 5.32 Å². The maximum atomic E-state index is 12.2. The molecule has 2 N–H and O–H groups in total. The van der Waals surface area contributed by atoms with Crippen molar-refractivity contribution in [1.82, 2.24) is 14.9 Å². The number of rotatable bonds is 8. The van der Waals surface area contributed by atoms with E-state index in [0.717, 1.165) is 30.8 Å². The van der Waals surface area contributed by atoms with Crippen LogP contribution in [0.4, 0.5) is 0 Å². The van der Waals surface area contributed by atoms with Gasteiger partial charge in [-0.1, -0.05) is 12.1 Å². The third-order valence-corrected chi connectivity index (χ3v) is 6.18. The summed E-state index contributed by atoms with van der Waals surface area (Å²) in [5, 5.41) is 3.25. The minimum Gasteiger partial charge on any atom is -0.316 e. The van der Waals surface area contributed by atoms with Crippen molar-refractivity contribution in [2.45, 2.75) is 19.3 Å². The first-order valence-electron chi connectivity index (χ1n) is 8.61. The van der Waals surface area contributed by atoms with Crippen molar-refractivity contribution in [2.24, 2.45) is 5.92 Å². The van der Waals surface area contributed by atoms with Crippen molar-refractivity contribution in [1.29, 1.82) is 0 Å². The first-order chi connectivity index (χ1) is 12.0. The molecule has 2 amide bonds. The van der Waals surface area contributed by atoms with Crippen LogP contribution in [0.5, 0.6) is 0 Å². The van der Waals surface area contributed by atoms with Crippen LogP contribution < -0.4 is 10.0 Å². The van der Waals surface area contributed by atoms with Gasteiger partial charge in [-0.15, -0.1) is 0 Å². The molecule has 2 aliphatic rings. The molecule has 2 heterocycles. The van der Waals surface area contributed by atoms with Crippen molar-refractivity contribution < 1.29 is 18.0 Å². The van der Waals surface area contributed by atoms with E-state index in [2.05, 4.69) is 10.0 Å². The number of nitrogens with zero attached hydrogens (tertiary/aromatic N) is 1. The molecule has 0 saturated carbocycles. The Hall–Kier alpha value is -1.77. The lowest BCUT2D eigenvalue weighted by Crippen LogP contribution is -2.34. The van der Waals surface area contributed by atoms with Gasteiger partial charge in [-0.3, -0.25) is 14.5 Å².